The van der Waals surface area contributed by atoms with Gasteiger partial charge in [0.15, 0.2) is 11.3 Å². The van der Waals surface area contributed by atoms with Crippen molar-refractivity contribution in [2.75, 3.05) is 13.2 Å². The number of primary sulfonamides is 1. The number of fused-ring (bicyclic) bond motifs is 1. The first-order chi connectivity index (χ1) is 18.4. The second kappa shape index (κ2) is 11.3. The van der Waals surface area contributed by atoms with Crippen molar-refractivity contribution in [3.05, 3.63) is 69.9 Å². The minimum absolute atomic E-state index is 0.0220. The Bertz CT molecular complexity index is 1780. The van der Waals surface area contributed by atoms with Crippen LogP contribution in [-0.2, 0) is 32.9 Å². The van der Waals surface area contributed by atoms with E-state index in [4.69, 9.17) is 9.88 Å². The molecule has 2 aromatic carbocycles. The van der Waals surface area contributed by atoms with E-state index in [2.05, 4.69) is 19.8 Å². The normalized spacial score (nSPS) is 12.2. The molecule has 4 rings (SSSR count). The standard InChI is InChI=1S/C25H30N6O6S2/c1-4-6-22-28-16(3)23-25(32)29-24(30-31(22)23)20-15-19(11-12-21(20)37-5-2)39(35,36)27-14-13-17-7-9-18(10-8-17)38(26,33)34/h7-12,15,27H,4-6,13-14H2,1-3H3,(H2,26,33,34)(H,29,30,32). The molecule has 0 aliphatic rings. The Kier molecular flexibility index (Phi) is 8.20. The van der Waals surface area contributed by atoms with Crippen molar-refractivity contribution in [3.63, 3.8) is 0 Å². The van der Waals surface area contributed by atoms with Gasteiger partial charge in [-0.25, -0.2) is 36.2 Å². The zero-order valence-corrected chi connectivity index (χ0v) is 23.4. The zero-order chi connectivity index (χ0) is 28.4. The van der Waals surface area contributed by atoms with Crippen molar-refractivity contribution in [2.24, 2.45) is 5.14 Å². The van der Waals surface area contributed by atoms with Gasteiger partial charge in [0.05, 0.1) is 27.7 Å². The van der Waals surface area contributed by atoms with Crippen molar-refractivity contribution < 1.29 is 21.6 Å². The molecule has 0 radical (unpaired) electrons. The van der Waals surface area contributed by atoms with E-state index >= 15 is 0 Å². The van der Waals surface area contributed by atoms with Crippen molar-refractivity contribution in [2.45, 2.75) is 49.8 Å². The maximum atomic E-state index is 13.1. The van der Waals surface area contributed by atoms with Gasteiger partial charge in [0, 0.05) is 13.0 Å². The Morgan fingerprint density at radius 2 is 1.72 bits per heavy atom. The van der Waals surface area contributed by atoms with Gasteiger partial charge in [-0.3, -0.25) is 4.79 Å². The number of aryl methyl sites for hydroxylation is 2. The molecule has 0 amide bonds. The van der Waals surface area contributed by atoms with Crippen LogP contribution in [0.4, 0.5) is 0 Å². The number of imidazole rings is 1. The van der Waals surface area contributed by atoms with E-state index in [-0.39, 0.29) is 22.2 Å². The number of nitrogens with one attached hydrogen (secondary N) is 2. The number of aromatic amines is 1. The first-order valence-corrected chi connectivity index (χ1v) is 15.3. The zero-order valence-electron chi connectivity index (χ0n) is 21.8. The van der Waals surface area contributed by atoms with Crippen molar-refractivity contribution in [3.8, 4) is 17.1 Å². The summed E-state index contributed by atoms with van der Waals surface area (Å²) in [7, 11) is -7.76. The van der Waals surface area contributed by atoms with Gasteiger partial charge in [0.2, 0.25) is 20.0 Å². The molecular weight excluding hydrogens is 544 g/mol. The van der Waals surface area contributed by atoms with Gasteiger partial charge >= 0.3 is 0 Å². The van der Waals surface area contributed by atoms with Crippen LogP contribution >= 0.6 is 0 Å². The summed E-state index contributed by atoms with van der Waals surface area (Å²) in [6.07, 6.45) is 1.74. The van der Waals surface area contributed by atoms with E-state index in [0.29, 0.717) is 47.8 Å². The highest BCUT2D eigenvalue weighted by Crippen LogP contribution is 2.30. The summed E-state index contributed by atoms with van der Waals surface area (Å²) in [5.41, 5.74) is 1.54. The van der Waals surface area contributed by atoms with Gasteiger partial charge in [-0.1, -0.05) is 19.1 Å². The van der Waals surface area contributed by atoms with Gasteiger partial charge in [0.1, 0.15) is 11.6 Å². The third-order valence-electron chi connectivity index (χ3n) is 5.99. The summed E-state index contributed by atoms with van der Waals surface area (Å²) in [6.45, 7) is 5.92. The van der Waals surface area contributed by atoms with Crippen LogP contribution in [0.5, 0.6) is 5.75 Å². The van der Waals surface area contributed by atoms with Crippen LogP contribution < -0.4 is 20.2 Å². The van der Waals surface area contributed by atoms with Gasteiger partial charge in [0.25, 0.3) is 5.56 Å². The predicted octanol–water partition coefficient (Wildman–Crippen LogP) is 1.91. The van der Waals surface area contributed by atoms with Crippen LogP contribution in [0, 0.1) is 6.92 Å². The molecule has 0 aliphatic carbocycles. The first-order valence-electron chi connectivity index (χ1n) is 12.3. The maximum Gasteiger partial charge on any atom is 0.277 e. The minimum atomic E-state index is -3.95. The number of hydrogen-bond donors (Lipinski definition) is 3. The topological polar surface area (TPSA) is 179 Å². The van der Waals surface area contributed by atoms with Crippen molar-refractivity contribution >= 4 is 25.6 Å². The largest absolute Gasteiger partial charge is 0.493 e. The Balaban J connectivity index is 1.64. The lowest BCUT2D eigenvalue weighted by Crippen LogP contribution is -2.26. The highest BCUT2D eigenvalue weighted by Gasteiger charge is 2.21. The summed E-state index contributed by atoms with van der Waals surface area (Å²) in [5, 5.41) is 9.70. The van der Waals surface area contributed by atoms with E-state index in [1.807, 2.05) is 6.92 Å². The van der Waals surface area contributed by atoms with Gasteiger partial charge < -0.3 is 9.72 Å². The summed E-state index contributed by atoms with van der Waals surface area (Å²) >= 11 is 0. The summed E-state index contributed by atoms with van der Waals surface area (Å²) < 4.78 is 58.9. The minimum Gasteiger partial charge on any atom is -0.493 e. The third kappa shape index (κ3) is 6.19. The average Bonchev–Trinajstić information content (AvgIpc) is 3.19. The summed E-state index contributed by atoms with van der Waals surface area (Å²) in [4.78, 5) is 20.1. The molecule has 4 aromatic rings. The van der Waals surface area contributed by atoms with Gasteiger partial charge in [-0.2, -0.15) is 0 Å². The number of sulfonamides is 2. The monoisotopic (exact) mass is 574 g/mol. The number of rotatable bonds is 11. The van der Waals surface area contributed by atoms with Gasteiger partial charge in [-0.15, -0.1) is 5.10 Å². The highest BCUT2D eigenvalue weighted by molar-refractivity contribution is 7.89. The molecule has 2 aromatic heterocycles. The van der Waals surface area contributed by atoms with Crippen molar-refractivity contribution in [1.29, 1.82) is 0 Å². The van der Waals surface area contributed by atoms with Crippen LogP contribution in [0.25, 0.3) is 16.9 Å². The van der Waals surface area contributed by atoms with Crippen LogP contribution in [0.3, 0.4) is 0 Å². The lowest BCUT2D eigenvalue weighted by Gasteiger charge is -2.13. The Hall–Kier alpha value is -3.59. The average molecular weight is 575 g/mol. The SMILES string of the molecule is CCCc1nc(C)c2c(=O)[nH]c(-c3cc(S(=O)(=O)NCCc4ccc(S(N)(=O)=O)cc4)ccc3OCC)nn12. The Labute approximate surface area is 226 Å². The Morgan fingerprint density at radius 3 is 2.36 bits per heavy atom. The quantitative estimate of drug-likeness (QED) is 0.243. The molecule has 0 atom stereocenters. The first kappa shape index (κ1) is 28.4. The van der Waals surface area contributed by atoms with Crippen LogP contribution in [0.1, 0.15) is 37.4 Å². The van der Waals surface area contributed by atoms with E-state index in [9.17, 15) is 21.6 Å². The summed E-state index contributed by atoms with van der Waals surface area (Å²) in [5.74, 6) is 1.15. The van der Waals surface area contributed by atoms with Crippen molar-refractivity contribution in [1.82, 2.24) is 24.3 Å². The molecule has 0 saturated carbocycles. The number of nitrogens with zero attached hydrogens (tertiary/aromatic N) is 3. The fraction of sp³-hybridized carbons (Fsp3) is 0.320. The highest BCUT2D eigenvalue weighted by atomic mass is 32.2. The molecule has 0 fully saturated rings. The maximum absolute atomic E-state index is 13.1. The number of benzene rings is 2. The molecule has 0 unspecified atom stereocenters. The second-order valence-electron chi connectivity index (χ2n) is 8.85. The van der Waals surface area contributed by atoms with Crippen LogP contribution in [0.15, 0.2) is 57.1 Å². The Morgan fingerprint density at radius 1 is 1.03 bits per heavy atom. The molecule has 0 saturated heterocycles. The molecule has 2 heterocycles. The fourth-order valence-corrected chi connectivity index (χ4v) is 5.72. The fourth-order valence-electron chi connectivity index (χ4n) is 4.14. The number of hydrogen-bond acceptors (Lipinski definition) is 8. The lowest BCUT2D eigenvalue weighted by molar-refractivity contribution is 0.341. The second-order valence-corrected chi connectivity index (χ2v) is 12.2. The molecule has 208 valence electrons. The summed E-state index contributed by atoms with van der Waals surface area (Å²) in [6, 6.07) is 10.2. The number of nitrogens with two attached hydrogens (primary N) is 1. The molecule has 0 aliphatic heterocycles. The van der Waals surface area contributed by atoms with E-state index in [1.54, 1.807) is 26.0 Å². The molecule has 39 heavy (non-hydrogen) atoms. The van der Waals surface area contributed by atoms with Crippen LogP contribution in [0.2, 0.25) is 0 Å². The smallest absolute Gasteiger partial charge is 0.277 e. The molecular formula is C25H30N6O6S2. The molecule has 12 nitrogen and oxygen atoms in total. The predicted molar refractivity (Wildman–Crippen MR) is 146 cm³/mol. The molecule has 0 bridgehead atoms. The number of H-pyrrole nitrogens is 1. The van der Waals surface area contributed by atoms with E-state index < -0.39 is 25.6 Å². The molecule has 4 N–H and O–H groups in total. The number of ether oxygens (including phenoxy) is 1. The van der Waals surface area contributed by atoms with Gasteiger partial charge in [-0.05, 0) is 62.6 Å². The number of aromatic nitrogens is 4. The van der Waals surface area contributed by atoms with E-state index in [1.165, 1.54) is 34.8 Å². The lowest BCUT2D eigenvalue weighted by atomic mass is 10.2. The molecule has 14 heteroatoms. The van der Waals surface area contributed by atoms with Crippen LogP contribution in [-0.4, -0.2) is 49.6 Å². The molecule has 0 spiro atoms. The third-order valence-corrected chi connectivity index (χ3v) is 8.38. The van der Waals surface area contributed by atoms with E-state index in [0.717, 1.165) is 12.0 Å².